The second kappa shape index (κ2) is 5.82. The molecule has 0 atom stereocenters. The monoisotopic (exact) mass is 271 g/mol. The maximum absolute atomic E-state index is 11.6. The van der Waals surface area contributed by atoms with Crippen molar-refractivity contribution in [2.75, 3.05) is 27.2 Å². The largest absolute Gasteiger partial charge is 0.351 e. The predicted octanol–water partition coefficient (Wildman–Crippen LogP) is 1.14. The van der Waals surface area contributed by atoms with Crippen molar-refractivity contribution in [3.8, 4) is 0 Å². The second-order valence-electron chi connectivity index (χ2n) is 3.40. The van der Waals surface area contributed by atoms with Crippen LogP contribution in [-0.4, -0.2) is 43.0 Å². The predicted molar refractivity (Wildman–Crippen MR) is 62.8 cm³/mol. The first kappa shape index (κ1) is 12.1. The molecule has 0 saturated heterocycles. The third-order valence-corrected chi connectivity index (χ3v) is 2.48. The molecule has 1 heterocycles. The van der Waals surface area contributed by atoms with Gasteiger partial charge in [0.1, 0.15) is 4.60 Å². The molecular formula is C10H14BrN3O. The maximum Gasteiger partial charge on any atom is 0.254 e. The van der Waals surface area contributed by atoms with Gasteiger partial charge in [0.2, 0.25) is 0 Å². The molecule has 1 aromatic heterocycles. The smallest absolute Gasteiger partial charge is 0.254 e. The summed E-state index contributed by atoms with van der Waals surface area (Å²) in [5.41, 5.74) is 0.566. The summed E-state index contributed by atoms with van der Waals surface area (Å²) in [6.45, 7) is 1.46. The van der Waals surface area contributed by atoms with Gasteiger partial charge in [-0.2, -0.15) is 0 Å². The fraction of sp³-hybridized carbons (Fsp3) is 0.400. The summed E-state index contributed by atoms with van der Waals surface area (Å²) >= 11 is 3.24. The van der Waals surface area contributed by atoms with Gasteiger partial charge in [0.15, 0.2) is 0 Å². The topological polar surface area (TPSA) is 45.2 Å². The minimum Gasteiger partial charge on any atom is -0.351 e. The van der Waals surface area contributed by atoms with Gasteiger partial charge >= 0.3 is 0 Å². The van der Waals surface area contributed by atoms with E-state index in [1.54, 1.807) is 18.3 Å². The fourth-order valence-electron chi connectivity index (χ4n) is 1.04. The van der Waals surface area contributed by atoms with Crippen LogP contribution >= 0.6 is 15.9 Å². The standard InChI is InChI=1S/C10H14BrN3O/c1-14(2)7-6-13-10(15)8-4-3-5-12-9(8)11/h3-5H,6-7H2,1-2H3,(H,13,15). The van der Waals surface area contributed by atoms with E-state index in [0.29, 0.717) is 16.7 Å². The van der Waals surface area contributed by atoms with Crippen molar-refractivity contribution in [3.05, 3.63) is 28.5 Å². The number of nitrogens with one attached hydrogen (secondary N) is 1. The van der Waals surface area contributed by atoms with Crippen LogP contribution in [0.15, 0.2) is 22.9 Å². The van der Waals surface area contributed by atoms with Gasteiger partial charge < -0.3 is 10.2 Å². The van der Waals surface area contributed by atoms with E-state index in [1.165, 1.54) is 0 Å². The summed E-state index contributed by atoms with van der Waals surface area (Å²) in [5, 5.41) is 2.82. The summed E-state index contributed by atoms with van der Waals surface area (Å²) in [7, 11) is 3.93. The summed E-state index contributed by atoms with van der Waals surface area (Å²) in [4.78, 5) is 17.6. The zero-order valence-electron chi connectivity index (χ0n) is 8.83. The van der Waals surface area contributed by atoms with Crippen molar-refractivity contribution in [1.29, 1.82) is 0 Å². The molecule has 4 nitrogen and oxygen atoms in total. The minimum atomic E-state index is -0.100. The molecule has 1 amide bonds. The molecular weight excluding hydrogens is 258 g/mol. The number of carbonyl (C=O) groups excluding carboxylic acids is 1. The van der Waals surface area contributed by atoms with Crippen molar-refractivity contribution in [2.45, 2.75) is 0 Å². The first-order valence-corrected chi connectivity index (χ1v) is 5.44. The molecule has 15 heavy (non-hydrogen) atoms. The zero-order valence-corrected chi connectivity index (χ0v) is 10.4. The molecule has 1 rings (SSSR count). The van der Waals surface area contributed by atoms with Crippen molar-refractivity contribution in [1.82, 2.24) is 15.2 Å². The molecule has 1 aromatic rings. The van der Waals surface area contributed by atoms with Crippen molar-refractivity contribution in [2.24, 2.45) is 0 Å². The molecule has 1 N–H and O–H groups in total. The van der Waals surface area contributed by atoms with Gasteiger partial charge in [0, 0.05) is 19.3 Å². The Morgan fingerprint density at radius 3 is 2.93 bits per heavy atom. The lowest BCUT2D eigenvalue weighted by Crippen LogP contribution is -2.31. The summed E-state index contributed by atoms with van der Waals surface area (Å²) in [5.74, 6) is -0.100. The van der Waals surface area contributed by atoms with Gasteiger partial charge in [-0.05, 0) is 42.2 Å². The third kappa shape index (κ3) is 3.97. The number of pyridine rings is 1. The number of aromatic nitrogens is 1. The molecule has 0 bridgehead atoms. The Labute approximate surface area is 97.8 Å². The number of amides is 1. The van der Waals surface area contributed by atoms with Gasteiger partial charge in [0.05, 0.1) is 5.56 Å². The van der Waals surface area contributed by atoms with Crippen molar-refractivity contribution >= 4 is 21.8 Å². The highest BCUT2D eigenvalue weighted by Crippen LogP contribution is 2.11. The van der Waals surface area contributed by atoms with Crippen LogP contribution < -0.4 is 5.32 Å². The highest BCUT2D eigenvalue weighted by atomic mass is 79.9. The Bertz CT molecular complexity index is 341. The first-order chi connectivity index (χ1) is 7.11. The molecule has 82 valence electrons. The summed E-state index contributed by atoms with van der Waals surface area (Å²) in [6.07, 6.45) is 1.64. The lowest BCUT2D eigenvalue weighted by Gasteiger charge is -2.10. The Morgan fingerprint density at radius 2 is 2.33 bits per heavy atom. The number of hydrogen-bond acceptors (Lipinski definition) is 3. The van der Waals surface area contributed by atoms with Crippen LogP contribution in [0.1, 0.15) is 10.4 Å². The maximum atomic E-state index is 11.6. The molecule has 0 unspecified atom stereocenters. The third-order valence-electron chi connectivity index (χ3n) is 1.85. The van der Waals surface area contributed by atoms with E-state index >= 15 is 0 Å². The van der Waals surface area contributed by atoms with Gasteiger partial charge in [-0.15, -0.1) is 0 Å². The van der Waals surface area contributed by atoms with E-state index in [-0.39, 0.29) is 5.91 Å². The molecule has 0 aliphatic heterocycles. The van der Waals surface area contributed by atoms with E-state index in [9.17, 15) is 4.79 Å². The van der Waals surface area contributed by atoms with Gasteiger partial charge in [0.25, 0.3) is 5.91 Å². The quantitative estimate of drug-likeness (QED) is 0.836. The van der Waals surface area contributed by atoms with Crippen molar-refractivity contribution < 1.29 is 4.79 Å². The van der Waals surface area contributed by atoms with Crippen LogP contribution in [0.3, 0.4) is 0 Å². The number of hydrogen-bond donors (Lipinski definition) is 1. The molecule has 0 aliphatic carbocycles. The van der Waals surface area contributed by atoms with E-state index in [2.05, 4.69) is 26.2 Å². The number of likely N-dealkylation sites (N-methyl/N-ethyl adjacent to an activating group) is 1. The lowest BCUT2D eigenvalue weighted by atomic mass is 10.3. The van der Waals surface area contributed by atoms with E-state index in [1.807, 2.05) is 19.0 Å². The first-order valence-electron chi connectivity index (χ1n) is 4.64. The molecule has 0 fully saturated rings. The van der Waals surface area contributed by atoms with Crippen LogP contribution in [0.2, 0.25) is 0 Å². The van der Waals surface area contributed by atoms with Crippen LogP contribution in [0.4, 0.5) is 0 Å². The average molecular weight is 272 g/mol. The molecule has 0 saturated carbocycles. The van der Waals surface area contributed by atoms with E-state index in [4.69, 9.17) is 0 Å². The Balaban J connectivity index is 2.51. The number of carbonyl (C=O) groups is 1. The van der Waals surface area contributed by atoms with Crippen LogP contribution in [0, 0.1) is 0 Å². The van der Waals surface area contributed by atoms with Crippen LogP contribution in [-0.2, 0) is 0 Å². The van der Waals surface area contributed by atoms with Crippen LogP contribution in [0.5, 0.6) is 0 Å². The van der Waals surface area contributed by atoms with Gasteiger partial charge in [-0.1, -0.05) is 0 Å². The molecule has 0 spiro atoms. The number of nitrogens with zero attached hydrogens (tertiary/aromatic N) is 2. The van der Waals surface area contributed by atoms with Crippen LogP contribution in [0.25, 0.3) is 0 Å². The number of halogens is 1. The Kier molecular flexibility index (Phi) is 4.71. The second-order valence-corrected chi connectivity index (χ2v) is 4.15. The Morgan fingerprint density at radius 1 is 1.60 bits per heavy atom. The number of rotatable bonds is 4. The average Bonchev–Trinajstić information content (AvgIpc) is 2.17. The van der Waals surface area contributed by atoms with Crippen molar-refractivity contribution in [3.63, 3.8) is 0 Å². The molecule has 5 heteroatoms. The lowest BCUT2D eigenvalue weighted by molar-refractivity contribution is 0.0950. The van der Waals surface area contributed by atoms with Gasteiger partial charge in [-0.3, -0.25) is 4.79 Å². The summed E-state index contributed by atoms with van der Waals surface area (Å²) < 4.78 is 0.576. The molecule has 0 aromatic carbocycles. The fourth-order valence-corrected chi connectivity index (χ4v) is 1.47. The highest BCUT2D eigenvalue weighted by Gasteiger charge is 2.08. The minimum absolute atomic E-state index is 0.100. The molecule has 0 aliphatic rings. The van der Waals surface area contributed by atoms with E-state index in [0.717, 1.165) is 6.54 Å². The molecule has 0 radical (unpaired) electrons. The highest BCUT2D eigenvalue weighted by molar-refractivity contribution is 9.10. The normalized spacial score (nSPS) is 10.4. The summed E-state index contributed by atoms with van der Waals surface area (Å²) in [6, 6.07) is 3.48. The SMILES string of the molecule is CN(C)CCNC(=O)c1cccnc1Br. The Hall–Kier alpha value is -0.940. The van der Waals surface area contributed by atoms with E-state index < -0.39 is 0 Å². The zero-order chi connectivity index (χ0) is 11.3. The van der Waals surface area contributed by atoms with Gasteiger partial charge in [-0.25, -0.2) is 4.98 Å².